The molecule has 2 N–H and O–H groups in total. The highest BCUT2D eigenvalue weighted by Crippen LogP contribution is 2.27. The van der Waals surface area contributed by atoms with E-state index in [1.54, 1.807) is 30.3 Å². The standard InChI is InChI=1S/C14H17ClN2O2S2/c1-3-16-9-13-8-14(10(2)20-13)21(18,19)17-12-6-4-11(15)5-7-12/h4-8,16-17H,3,9H2,1-2H3. The lowest BCUT2D eigenvalue weighted by Crippen LogP contribution is -2.13. The third kappa shape index (κ3) is 4.20. The Morgan fingerprint density at radius 3 is 2.52 bits per heavy atom. The number of rotatable bonds is 6. The van der Waals surface area contributed by atoms with Gasteiger partial charge < -0.3 is 5.32 Å². The fourth-order valence-corrected chi connectivity index (χ4v) is 4.65. The third-order valence-corrected chi connectivity index (χ3v) is 5.80. The van der Waals surface area contributed by atoms with E-state index < -0.39 is 10.0 Å². The van der Waals surface area contributed by atoms with E-state index in [4.69, 9.17) is 11.6 Å². The summed E-state index contributed by atoms with van der Waals surface area (Å²) in [5, 5.41) is 3.76. The predicted octanol–water partition coefficient (Wildman–Crippen LogP) is 3.62. The monoisotopic (exact) mass is 344 g/mol. The van der Waals surface area contributed by atoms with Crippen LogP contribution in [0, 0.1) is 6.92 Å². The molecule has 4 nitrogen and oxygen atoms in total. The van der Waals surface area contributed by atoms with Crippen LogP contribution in [0.5, 0.6) is 0 Å². The molecule has 0 saturated heterocycles. The van der Waals surface area contributed by atoms with Gasteiger partial charge in [-0.3, -0.25) is 4.72 Å². The van der Waals surface area contributed by atoms with Crippen LogP contribution < -0.4 is 10.0 Å². The van der Waals surface area contributed by atoms with Gasteiger partial charge in [0.2, 0.25) is 0 Å². The Bertz CT molecular complexity index is 709. The number of hydrogen-bond acceptors (Lipinski definition) is 4. The van der Waals surface area contributed by atoms with E-state index in [0.29, 0.717) is 22.2 Å². The van der Waals surface area contributed by atoms with Crippen molar-refractivity contribution in [2.45, 2.75) is 25.3 Å². The summed E-state index contributed by atoms with van der Waals surface area (Å²) in [6, 6.07) is 8.30. The highest BCUT2D eigenvalue weighted by molar-refractivity contribution is 7.93. The van der Waals surface area contributed by atoms with E-state index in [9.17, 15) is 8.42 Å². The smallest absolute Gasteiger partial charge is 0.263 e. The first-order valence-electron chi connectivity index (χ1n) is 6.51. The number of benzene rings is 1. The van der Waals surface area contributed by atoms with Crippen LogP contribution in [0.2, 0.25) is 5.02 Å². The Balaban J connectivity index is 2.22. The van der Waals surface area contributed by atoms with Gasteiger partial charge in [-0.2, -0.15) is 0 Å². The second-order valence-electron chi connectivity index (χ2n) is 4.53. The second-order valence-corrected chi connectivity index (χ2v) is 7.95. The first-order valence-corrected chi connectivity index (χ1v) is 9.18. The third-order valence-electron chi connectivity index (χ3n) is 2.86. The fraction of sp³-hybridized carbons (Fsp3) is 0.286. The van der Waals surface area contributed by atoms with Crippen LogP contribution >= 0.6 is 22.9 Å². The van der Waals surface area contributed by atoms with Crippen molar-refractivity contribution >= 4 is 38.6 Å². The van der Waals surface area contributed by atoms with Crippen LogP contribution in [0.4, 0.5) is 5.69 Å². The van der Waals surface area contributed by atoms with Crippen LogP contribution in [-0.2, 0) is 16.6 Å². The van der Waals surface area contributed by atoms with E-state index in [1.807, 2.05) is 13.8 Å². The van der Waals surface area contributed by atoms with Crippen molar-refractivity contribution in [1.82, 2.24) is 5.32 Å². The van der Waals surface area contributed by atoms with Crippen LogP contribution in [0.1, 0.15) is 16.7 Å². The molecule has 0 aliphatic heterocycles. The molecular weight excluding hydrogens is 328 g/mol. The zero-order valence-electron chi connectivity index (χ0n) is 11.8. The molecule has 2 rings (SSSR count). The molecule has 1 heterocycles. The topological polar surface area (TPSA) is 58.2 Å². The first-order chi connectivity index (χ1) is 9.92. The average Bonchev–Trinajstić information content (AvgIpc) is 2.81. The second kappa shape index (κ2) is 6.79. The summed E-state index contributed by atoms with van der Waals surface area (Å²) in [6.07, 6.45) is 0. The van der Waals surface area contributed by atoms with Crippen molar-refractivity contribution in [3.63, 3.8) is 0 Å². The molecule has 0 fully saturated rings. The highest BCUT2D eigenvalue weighted by Gasteiger charge is 2.20. The maximum Gasteiger partial charge on any atom is 0.263 e. The van der Waals surface area contributed by atoms with Crippen LogP contribution in [0.25, 0.3) is 0 Å². The number of aryl methyl sites for hydroxylation is 1. The van der Waals surface area contributed by atoms with Crippen molar-refractivity contribution < 1.29 is 8.42 Å². The summed E-state index contributed by atoms with van der Waals surface area (Å²) in [5.41, 5.74) is 0.498. The number of anilines is 1. The van der Waals surface area contributed by atoms with Gasteiger partial charge in [-0.25, -0.2) is 8.42 Å². The summed E-state index contributed by atoms with van der Waals surface area (Å²) in [4.78, 5) is 2.12. The molecule has 1 aromatic carbocycles. The van der Waals surface area contributed by atoms with Gasteiger partial charge in [0.05, 0.1) is 0 Å². The van der Waals surface area contributed by atoms with Gasteiger partial charge in [-0.1, -0.05) is 18.5 Å². The Labute approximate surface area is 134 Å². The maximum absolute atomic E-state index is 12.4. The number of hydrogen-bond donors (Lipinski definition) is 2. The van der Waals surface area contributed by atoms with E-state index in [2.05, 4.69) is 10.0 Å². The minimum absolute atomic E-state index is 0.329. The van der Waals surface area contributed by atoms with E-state index in [0.717, 1.165) is 16.3 Å². The van der Waals surface area contributed by atoms with Crippen molar-refractivity contribution in [3.05, 3.63) is 45.1 Å². The van der Waals surface area contributed by atoms with Gasteiger partial charge in [0.15, 0.2) is 0 Å². The normalized spacial score (nSPS) is 11.6. The Hall–Kier alpha value is -1.08. The molecule has 0 bridgehead atoms. The number of nitrogens with one attached hydrogen (secondary N) is 2. The fourth-order valence-electron chi connectivity index (χ4n) is 1.85. The molecule has 0 saturated carbocycles. The summed E-state index contributed by atoms with van der Waals surface area (Å²) in [5.74, 6) is 0. The van der Waals surface area contributed by atoms with Gasteiger partial charge in [0, 0.05) is 27.0 Å². The van der Waals surface area contributed by atoms with Gasteiger partial charge in [-0.15, -0.1) is 11.3 Å². The zero-order chi connectivity index (χ0) is 15.5. The van der Waals surface area contributed by atoms with Crippen molar-refractivity contribution in [3.8, 4) is 0 Å². The van der Waals surface area contributed by atoms with Crippen LogP contribution in [-0.4, -0.2) is 15.0 Å². The molecule has 0 aliphatic rings. The molecule has 1 aromatic heterocycles. The lowest BCUT2D eigenvalue weighted by molar-refractivity contribution is 0.601. The molecule has 7 heteroatoms. The quantitative estimate of drug-likeness (QED) is 0.841. The lowest BCUT2D eigenvalue weighted by atomic mass is 10.3. The predicted molar refractivity (Wildman–Crippen MR) is 88.7 cm³/mol. The minimum Gasteiger partial charge on any atom is -0.312 e. The molecular formula is C14H17ClN2O2S2. The van der Waals surface area contributed by atoms with Gasteiger partial charge in [-0.05, 0) is 43.8 Å². The number of thiophene rings is 1. The van der Waals surface area contributed by atoms with E-state index in [-0.39, 0.29) is 0 Å². The molecule has 0 unspecified atom stereocenters. The van der Waals surface area contributed by atoms with E-state index >= 15 is 0 Å². The van der Waals surface area contributed by atoms with Crippen molar-refractivity contribution in [2.75, 3.05) is 11.3 Å². The molecule has 0 aliphatic carbocycles. The Kier molecular flexibility index (Phi) is 5.27. The van der Waals surface area contributed by atoms with Gasteiger partial charge in [0.1, 0.15) is 4.90 Å². The summed E-state index contributed by atoms with van der Waals surface area (Å²) in [6.45, 7) is 5.36. The van der Waals surface area contributed by atoms with Crippen molar-refractivity contribution in [2.24, 2.45) is 0 Å². The Morgan fingerprint density at radius 2 is 1.90 bits per heavy atom. The van der Waals surface area contributed by atoms with Crippen LogP contribution in [0.3, 0.4) is 0 Å². The lowest BCUT2D eigenvalue weighted by Gasteiger charge is -2.07. The van der Waals surface area contributed by atoms with E-state index in [1.165, 1.54) is 11.3 Å². The first kappa shape index (κ1) is 16.3. The highest BCUT2D eigenvalue weighted by atomic mass is 35.5. The number of halogens is 1. The summed E-state index contributed by atoms with van der Waals surface area (Å²) in [7, 11) is -3.57. The maximum atomic E-state index is 12.4. The largest absolute Gasteiger partial charge is 0.312 e. The molecule has 0 spiro atoms. The Morgan fingerprint density at radius 1 is 1.24 bits per heavy atom. The van der Waals surface area contributed by atoms with Crippen LogP contribution in [0.15, 0.2) is 35.2 Å². The molecule has 0 amide bonds. The average molecular weight is 345 g/mol. The summed E-state index contributed by atoms with van der Waals surface area (Å²) < 4.78 is 27.4. The molecule has 2 aromatic rings. The van der Waals surface area contributed by atoms with Gasteiger partial charge in [0.25, 0.3) is 10.0 Å². The molecule has 21 heavy (non-hydrogen) atoms. The number of sulfonamides is 1. The molecule has 0 atom stereocenters. The zero-order valence-corrected chi connectivity index (χ0v) is 14.2. The van der Waals surface area contributed by atoms with Crippen molar-refractivity contribution in [1.29, 1.82) is 0 Å². The molecule has 114 valence electrons. The van der Waals surface area contributed by atoms with Gasteiger partial charge >= 0.3 is 0 Å². The SMILES string of the molecule is CCNCc1cc(S(=O)(=O)Nc2ccc(Cl)cc2)c(C)s1. The minimum atomic E-state index is -3.57. The molecule has 0 radical (unpaired) electrons. The summed E-state index contributed by atoms with van der Waals surface area (Å²) >= 11 is 7.29.